The number of hydrogen-bond acceptors (Lipinski definition) is 3. The summed E-state index contributed by atoms with van der Waals surface area (Å²) in [6, 6.07) is 31.1. The molecule has 0 aliphatic heterocycles. The van der Waals surface area contributed by atoms with Crippen molar-refractivity contribution in [3.63, 3.8) is 0 Å². The molecule has 0 aliphatic carbocycles. The minimum absolute atomic E-state index is 0.106. The lowest BCUT2D eigenvalue weighted by molar-refractivity contribution is -0.143. The van der Waals surface area contributed by atoms with Crippen molar-refractivity contribution in [1.82, 2.24) is 10.2 Å². The SMILES string of the molecule is Cc1ccc(CNC(=O)[C@H](c2ccccc2)N(Cc2ccc(F)cc2)C(=O)COc2ccccc2)cc1. The Bertz CT molecular complexity index is 1290. The summed E-state index contributed by atoms with van der Waals surface area (Å²) in [4.78, 5) is 28.7. The smallest absolute Gasteiger partial charge is 0.261 e. The van der Waals surface area contributed by atoms with Gasteiger partial charge in [0, 0.05) is 13.1 Å². The second kappa shape index (κ2) is 12.5. The Labute approximate surface area is 216 Å². The number of ether oxygens (including phenoxy) is 1. The summed E-state index contributed by atoms with van der Waals surface area (Å²) in [7, 11) is 0. The number of amides is 2. The molecule has 5 nitrogen and oxygen atoms in total. The molecule has 2 amide bonds. The van der Waals surface area contributed by atoms with Gasteiger partial charge in [-0.1, -0.05) is 90.5 Å². The van der Waals surface area contributed by atoms with E-state index in [0.717, 1.165) is 11.1 Å². The molecule has 188 valence electrons. The maximum atomic E-state index is 13.6. The van der Waals surface area contributed by atoms with Crippen LogP contribution in [0.25, 0.3) is 0 Å². The van der Waals surface area contributed by atoms with E-state index in [-0.39, 0.29) is 30.8 Å². The molecule has 0 unspecified atom stereocenters. The quantitative estimate of drug-likeness (QED) is 0.311. The number of aryl methyl sites for hydroxylation is 1. The van der Waals surface area contributed by atoms with Crippen molar-refractivity contribution in [2.45, 2.75) is 26.1 Å². The first kappa shape index (κ1) is 25.6. The van der Waals surface area contributed by atoms with Gasteiger partial charge in [-0.05, 0) is 47.9 Å². The second-order valence-electron chi connectivity index (χ2n) is 8.77. The van der Waals surface area contributed by atoms with E-state index in [1.165, 1.54) is 17.0 Å². The third kappa shape index (κ3) is 7.27. The molecule has 0 heterocycles. The minimum atomic E-state index is -0.913. The summed E-state index contributed by atoms with van der Waals surface area (Å²) >= 11 is 0. The first-order valence-electron chi connectivity index (χ1n) is 12.1. The van der Waals surface area contributed by atoms with Crippen LogP contribution in [0, 0.1) is 12.7 Å². The standard InChI is InChI=1S/C31H29FN2O3/c1-23-12-14-24(15-13-23)20-33-31(36)30(26-8-4-2-5-9-26)34(21-25-16-18-27(32)19-17-25)29(35)22-37-28-10-6-3-7-11-28/h2-19,30H,20-22H2,1H3,(H,33,36)/t30-/m0/s1. The zero-order valence-electron chi connectivity index (χ0n) is 20.6. The molecule has 0 fully saturated rings. The summed E-state index contributed by atoms with van der Waals surface area (Å²) < 4.78 is 19.3. The van der Waals surface area contributed by atoms with E-state index in [1.54, 1.807) is 24.3 Å². The van der Waals surface area contributed by atoms with Crippen LogP contribution in [0.1, 0.15) is 28.3 Å². The monoisotopic (exact) mass is 496 g/mol. The van der Waals surface area contributed by atoms with Crippen LogP contribution in [-0.2, 0) is 22.7 Å². The fourth-order valence-corrected chi connectivity index (χ4v) is 3.95. The Balaban J connectivity index is 1.62. The van der Waals surface area contributed by atoms with Crippen molar-refractivity contribution >= 4 is 11.8 Å². The Morgan fingerprint density at radius 2 is 1.41 bits per heavy atom. The third-order valence-corrected chi connectivity index (χ3v) is 5.95. The molecule has 0 saturated heterocycles. The van der Waals surface area contributed by atoms with Crippen molar-refractivity contribution in [2.24, 2.45) is 0 Å². The van der Waals surface area contributed by atoms with E-state index in [1.807, 2.05) is 79.7 Å². The lowest BCUT2D eigenvalue weighted by Crippen LogP contribution is -2.45. The van der Waals surface area contributed by atoms with Gasteiger partial charge in [0.1, 0.15) is 17.6 Å². The van der Waals surface area contributed by atoms with Crippen LogP contribution in [0.15, 0.2) is 109 Å². The van der Waals surface area contributed by atoms with Gasteiger partial charge in [0.25, 0.3) is 5.91 Å². The van der Waals surface area contributed by atoms with Crippen LogP contribution in [0.4, 0.5) is 4.39 Å². The Hall–Kier alpha value is -4.45. The van der Waals surface area contributed by atoms with Crippen molar-refractivity contribution < 1.29 is 18.7 Å². The molecular weight excluding hydrogens is 467 g/mol. The molecule has 1 atom stereocenters. The number of nitrogens with zero attached hydrogens (tertiary/aromatic N) is 1. The van der Waals surface area contributed by atoms with E-state index in [9.17, 15) is 14.0 Å². The largest absolute Gasteiger partial charge is 0.484 e. The fourth-order valence-electron chi connectivity index (χ4n) is 3.95. The lowest BCUT2D eigenvalue weighted by Gasteiger charge is -2.31. The summed E-state index contributed by atoms with van der Waals surface area (Å²) in [6.07, 6.45) is 0. The van der Waals surface area contributed by atoms with Crippen molar-refractivity contribution in [3.8, 4) is 5.75 Å². The molecule has 0 saturated carbocycles. The van der Waals surface area contributed by atoms with E-state index in [0.29, 0.717) is 23.4 Å². The number of para-hydroxylation sites is 1. The number of benzene rings is 4. The molecular formula is C31H29FN2O3. The van der Waals surface area contributed by atoms with E-state index in [4.69, 9.17) is 4.74 Å². The molecule has 6 heteroatoms. The van der Waals surface area contributed by atoms with E-state index in [2.05, 4.69) is 5.32 Å². The molecule has 0 aliphatic rings. The third-order valence-electron chi connectivity index (χ3n) is 5.95. The second-order valence-corrected chi connectivity index (χ2v) is 8.77. The number of hydrogen-bond donors (Lipinski definition) is 1. The van der Waals surface area contributed by atoms with Gasteiger partial charge in [0.05, 0.1) is 0 Å². The number of rotatable bonds is 10. The highest BCUT2D eigenvalue weighted by Gasteiger charge is 2.31. The maximum absolute atomic E-state index is 13.6. The highest BCUT2D eigenvalue weighted by Crippen LogP contribution is 2.25. The number of carbonyl (C=O) groups is 2. The molecule has 0 aromatic heterocycles. The first-order valence-corrected chi connectivity index (χ1v) is 12.1. The highest BCUT2D eigenvalue weighted by atomic mass is 19.1. The van der Waals surface area contributed by atoms with Gasteiger partial charge in [-0.2, -0.15) is 0 Å². The first-order chi connectivity index (χ1) is 18.0. The average molecular weight is 497 g/mol. The topological polar surface area (TPSA) is 58.6 Å². The van der Waals surface area contributed by atoms with Gasteiger partial charge < -0.3 is 15.0 Å². The van der Waals surface area contributed by atoms with Gasteiger partial charge in [0.2, 0.25) is 5.91 Å². The lowest BCUT2D eigenvalue weighted by atomic mass is 10.0. The molecule has 4 aromatic rings. The predicted octanol–water partition coefficient (Wildman–Crippen LogP) is 5.60. The number of nitrogens with one attached hydrogen (secondary N) is 1. The van der Waals surface area contributed by atoms with Gasteiger partial charge >= 0.3 is 0 Å². The van der Waals surface area contributed by atoms with Crippen molar-refractivity contribution in [1.29, 1.82) is 0 Å². The van der Waals surface area contributed by atoms with Gasteiger partial charge in [-0.25, -0.2) is 4.39 Å². The van der Waals surface area contributed by atoms with Crippen LogP contribution >= 0.6 is 0 Å². The molecule has 37 heavy (non-hydrogen) atoms. The summed E-state index contributed by atoms with van der Waals surface area (Å²) in [5.41, 5.74) is 3.45. The number of carbonyl (C=O) groups excluding carboxylic acids is 2. The molecule has 1 N–H and O–H groups in total. The number of halogens is 1. The van der Waals surface area contributed by atoms with E-state index < -0.39 is 6.04 Å². The molecule has 4 aromatic carbocycles. The van der Waals surface area contributed by atoms with Crippen LogP contribution in [0.3, 0.4) is 0 Å². The predicted molar refractivity (Wildman–Crippen MR) is 141 cm³/mol. The minimum Gasteiger partial charge on any atom is -0.484 e. The van der Waals surface area contributed by atoms with Crippen molar-refractivity contribution in [2.75, 3.05) is 6.61 Å². The Morgan fingerprint density at radius 1 is 0.811 bits per heavy atom. The summed E-state index contributed by atoms with van der Waals surface area (Å²) in [5, 5.41) is 2.99. The summed E-state index contributed by atoms with van der Waals surface area (Å²) in [6.45, 7) is 2.18. The normalized spacial score (nSPS) is 11.4. The van der Waals surface area contributed by atoms with Gasteiger partial charge in [0.15, 0.2) is 6.61 Å². The zero-order valence-corrected chi connectivity index (χ0v) is 20.6. The summed E-state index contributed by atoms with van der Waals surface area (Å²) in [5.74, 6) is -0.503. The molecule has 0 radical (unpaired) electrons. The van der Waals surface area contributed by atoms with Crippen LogP contribution < -0.4 is 10.1 Å². The van der Waals surface area contributed by atoms with Gasteiger partial charge in [-0.3, -0.25) is 9.59 Å². The van der Waals surface area contributed by atoms with Crippen molar-refractivity contribution in [3.05, 3.63) is 137 Å². The van der Waals surface area contributed by atoms with Crippen LogP contribution in [-0.4, -0.2) is 23.3 Å². The molecule has 0 spiro atoms. The zero-order chi connectivity index (χ0) is 26.0. The fraction of sp³-hybridized carbons (Fsp3) is 0.161. The van der Waals surface area contributed by atoms with Gasteiger partial charge in [-0.15, -0.1) is 0 Å². The Morgan fingerprint density at radius 3 is 2.05 bits per heavy atom. The Kier molecular flexibility index (Phi) is 8.66. The van der Waals surface area contributed by atoms with Crippen LogP contribution in [0.2, 0.25) is 0 Å². The highest BCUT2D eigenvalue weighted by molar-refractivity contribution is 5.89. The maximum Gasteiger partial charge on any atom is 0.261 e. The molecule has 0 bridgehead atoms. The average Bonchev–Trinajstić information content (AvgIpc) is 2.93. The molecule has 4 rings (SSSR count). The van der Waals surface area contributed by atoms with E-state index >= 15 is 0 Å². The van der Waals surface area contributed by atoms with Crippen LogP contribution in [0.5, 0.6) is 5.75 Å².